The van der Waals surface area contributed by atoms with E-state index in [9.17, 15) is 4.79 Å². The van der Waals surface area contributed by atoms with Crippen molar-refractivity contribution in [3.63, 3.8) is 0 Å². The first kappa shape index (κ1) is 15.5. The summed E-state index contributed by atoms with van der Waals surface area (Å²) in [6, 6.07) is 0. The molecule has 0 aliphatic carbocycles. The average molecular weight is 314 g/mol. The first-order chi connectivity index (χ1) is 11.2. The Morgan fingerprint density at radius 3 is 2.91 bits per heavy atom. The third-order valence-electron chi connectivity index (χ3n) is 4.06. The zero-order chi connectivity index (χ0) is 16.2. The van der Waals surface area contributed by atoms with Crippen molar-refractivity contribution in [2.75, 3.05) is 13.1 Å². The van der Waals surface area contributed by atoms with Crippen LogP contribution in [0.5, 0.6) is 0 Å². The molecule has 7 heteroatoms. The highest BCUT2D eigenvalue weighted by atomic mass is 16.2. The van der Waals surface area contributed by atoms with E-state index in [1.165, 1.54) is 0 Å². The van der Waals surface area contributed by atoms with Crippen LogP contribution >= 0.6 is 0 Å². The summed E-state index contributed by atoms with van der Waals surface area (Å²) in [7, 11) is 0. The Bertz CT molecular complexity index is 701. The molecule has 3 heterocycles. The normalized spacial score (nSPS) is 14.7. The molecule has 0 saturated carbocycles. The molecule has 0 aromatic carbocycles. The van der Waals surface area contributed by atoms with E-state index in [0.717, 1.165) is 49.4 Å². The fraction of sp³-hybridized carbons (Fsp3) is 0.500. The lowest BCUT2D eigenvalue weighted by atomic mass is 10.2. The summed E-state index contributed by atoms with van der Waals surface area (Å²) < 4.78 is 3.68. The smallest absolute Gasteiger partial charge is 0.222 e. The molecule has 1 fully saturated rings. The SMILES string of the molecule is C=CCn1cc(-c2cn(CCCN3CCCC3=O)nn2)c(C)n1. The van der Waals surface area contributed by atoms with Gasteiger partial charge in [0.1, 0.15) is 5.69 Å². The van der Waals surface area contributed by atoms with E-state index in [2.05, 4.69) is 22.0 Å². The van der Waals surface area contributed by atoms with Crippen LogP contribution < -0.4 is 0 Å². The molecular weight excluding hydrogens is 292 g/mol. The third-order valence-corrected chi connectivity index (χ3v) is 4.06. The van der Waals surface area contributed by atoms with Gasteiger partial charge in [0.05, 0.1) is 18.4 Å². The van der Waals surface area contributed by atoms with Gasteiger partial charge in [-0.25, -0.2) is 0 Å². The molecule has 1 aliphatic heterocycles. The number of carbonyl (C=O) groups excluding carboxylic acids is 1. The number of hydrogen-bond donors (Lipinski definition) is 0. The van der Waals surface area contributed by atoms with Crippen LogP contribution in [0.4, 0.5) is 0 Å². The van der Waals surface area contributed by atoms with Gasteiger partial charge in [0, 0.05) is 37.8 Å². The van der Waals surface area contributed by atoms with Gasteiger partial charge in [-0.05, 0) is 19.8 Å². The van der Waals surface area contributed by atoms with Crippen LogP contribution in [0.2, 0.25) is 0 Å². The lowest BCUT2D eigenvalue weighted by Crippen LogP contribution is -2.26. The molecule has 0 radical (unpaired) electrons. The van der Waals surface area contributed by atoms with E-state index in [4.69, 9.17) is 0 Å². The topological polar surface area (TPSA) is 68.8 Å². The second kappa shape index (κ2) is 6.76. The maximum atomic E-state index is 11.6. The van der Waals surface area contributed by atoms with Crippen molar-refractivity contribution in [3.8, 4) is 11.3 Å². The summed E-state index contributed by atoms with van der Waals surface area (Å²) in [5.74, 6) is 0.273. The number of rotatable bonds is 7. The first-order valence-corrected chi connectivity index (χ1v) is 8.00. The molecule has 0 atom stereocenters. The van der Waals surface area contributed by atoms with Crippen molar-refractivity contribution >= 4 is 5.91 Å². The van der Waals surface area contributed by atoms with E-state index in [-0.39, 0.29) is 5.91 Å². The van der Waals surface area contributed by atoms with Crippen molar-refractivity contribution in [3.05, 3.63) is 30.7 Å². The molecule has 7 nitrogen and oxygen atoms in total. The Labute approximate surface area is 135 Å². The second-order valence-corrected chi connectivity index (χ2v) is 5.84. The van der Waals surface area contributed by atoms with Gasteiger partial charge < -0.3 is 4.90 Å². The average Bonchev–Trinajstić information content (AvgIpc) is 3.22. The highest BCUT2D eigenvalue weighted by Gasteiger charge is 2.19. The van der Waals surface area contributed by atoms with E-state index in [0.29, 0.717) is 13.0 Å². The van der Waals surface area contributed by atoms with Gasteiger partial charge in [-0.3, -0.25) is 14.2 Å². The number of amides is 1. The van der Waals surface area contributed by atoms with E-state index >= 15 is 0 Å². The summed E-state index contributed by atoms with van der Waals surface area (Å²) in [6.07, 6.45) is 8.29. The maximum absolute atomic E-state index is 11.6. The molecule has 1 amide bonds. The second-order valence-electron chi connectivity index (χ2n) is 5.84. The van der Waals surface area contributed by atoms with Gasteiger partial charge in [-0.2, -0.15) is 5.10 Å². The van der Waals surface area contributed by atoms with Crippen molar-refractivity contribution < 1.29 is 4.79 Å². The Morgan fingerprint density at radius 1 is 1.30 bits per heavy atom. The van der Waals surface area contributed by atoms with Crippen molar-refractivity contribution in [1.82, 2.24) is 29.7 Å². The molecule has 0 N–H and O–H groups in total. The van der Waals surface area contributed by atoms with Gasteiger partial charge in [0.2, 0.25) is 5.91 Å². The van der Waals surface area contributed by atoms with Crippen molar-refractivity contribution in [2.45, 2.75) is 39.3 Å². The van der Waals surface area contributed by atoms with Crippen LogP contribution in [-0.4, -0.2) is 48.7 Å². The Morgan fingerprint density at radius 2 is 2.17 bits per heavy atom. The highest BCUT2D eigenvalue weighted by molar-refractivity contribution is 5.77. The summed E-state index contributed by atoms with van der Waals surface area (Å²) in [5.41, 5.74) is 2.75. The van der Waals surface area contributed by atoms with Crippen molar-refractivity contribution in [2.24, 2.45) is 0 Å². The van der Waals surface area contributed by atoms with Gasteiger partial charge in [-0.1, -0.05) is 11.3 Å². The predicted molar refractivity (Wildman–Crippen MR) is 86.6 cm³/mol. The Hall–Kier alpha value is -2.44. The highest BCUT2D eigenvalue weighted by Crippen LogP contribution is 2.19. The van der Waals surface area contributed by atoms with Crippen LogP contribution in [0.15, 0.2) is 25.0 Å². The van der Waals surface area contributed by atoms with Gasteiger partial charge >= 0.3 is 0 Å². The number of hydrogen-bond acceptors (Lipinski definition) is 4. The number of carbonyl (C=O) groups is 1. The van der Waals surface area contributed by atoms with Gasteiger partial charge in [-0.15, -0.1) is 11.7 Å². The van der Waals surface area contributed by atoms with Gasteiger partial charge in [0.15, 0.2) is 0 Å². The zero-order valence-electron chi connectivity index (χ0n) is 13.5. The van der Waals surface area contributed by atoms with E-state index in [1.54, 1.807) is 0 Å². The summed E-state index contributed by atoms with van der Waals surface area (Å²) >= 11 is 0. The predicted octanol–water partition coefficient (Wildman–Crippen LogP) is 1.65. The van der Waals surface area contributed by atoms with Crippen LogP contribution in [-0.2, 0) is 17.9 Å². The van der Waals surface area contributed by atoms with Crippen LogP contribution in [0.3, 0.4) is 0 Å². The minimum Gasteiger partial charge on any atom is -0.343 e. The summed E-state index contributed by atoms with van der Waals surface area (Å²) in [4.78, 5) is 13.5. The van der Waals surface area contributed by atoms with Crippen LogP contribution in [0.25, 0.3) is 11.3 Å². The molecule has 1 saturated heterocycles. The first-order valence-electron chi connectivity index (χ1n) is 8.00. The third kappa shape index (κ3) is 3.49. The molecule has 0 spiro atoms. The number of aromatic nitrogens is 5. The van der Waals surface area contributed by atoms with Crippen LogP contribution in [0.1, 0.15) is 25.0 Å². The quantitative estimate of drug-likeness (QED) is 0.729. The minimum atomic E-state index is 0.273. The van der Waals surface area contributed by atoms with Crippen LogP contribution in [0, 0.1) is 6.92 Å². The number of aryl methyl sites for hydroxylation is 2. The lowest BCUT2D eigenvalue weighted by molar-refractivity contribution is -0.127. The monoisotopic (exact) mass is 314 g/mol. The summed E-state index contributed by atoms with van der Waals surface area (Å²) in [6.45, 7) is 8.82. The molecule has 3 rings (SSSR count). The molecular formula is C16H22N6O. The van der Waals surface area contributed by atoms with E-state index < -0.39 is 0 Å². The van der Waals surface area contributed by atoms with E-state index in [1.807, 2.05) is 39.7 Å². The van der Waals surface area contributed by atoms with Crippen molar-refractivity contribution in [1.29, 1.82) is 0 Å². The number of likely N-dealkylation sites (tertiary alicyclic amines) is 1. The lowest BCUT2D eigenvalue weighted by Gasteiger charge is -2.14. The minimum absolute atomic E-state index is 0.273. The molecule has 2 aromatic rings. The molecule has 0 bridgehead atoms. The Kier molecular flexibility index (Phi) is 4.55. The van der Waals surface area contributed by atoms with Gasteiger partial charge in [0.25, 0.3) is 0 Å². The maximum Gasteiger partial charge on any atom is 0.222 e. The number of allylic oxidation sites excluding steroid dienone is 1. The largest absolute Gasteiger partial charge is 0.343 e. The zero-order valence-corrected chi connectivity index (χ0v) is 13.5. The Balaban J connectivity index is 1.59. The molecule has 2 aromatic heterocycles. The fourth-order valence-electron chi connectivity index (χ4n) is 2.89. The molecule has 1 aliphatic rings. The number of nitrogens with zero attached hydrogens (tertiary/aromatic N) is 6. The molecule has 122 valence electrons. The molecule has 0 unspecified atom stereocenters. The standard InChI is InChI=1S/C16H22N6O/c1-3-7-21-11-14(13(2)18-21)15-12-22(19-17-15)10-5-9-20-8-4-6-16(20)23/h3,11-12H,1,4-10H2,2H3. The summed E-state index contributed by atoms with van der Waals surface area (Å²) in [5, 5.41) is 12.9. The molecule has 23 heavy (non-hydrogen) atoms. The fourth-order valence-corrected chi connectivity index (χ4v) is 2.89.